The van der Waals surface area contributed by atoms with Crippen molar-refractivity contribution in [2.45, 2.75) is 20.5 Å². The van der Waals surface area contributed by atoms with Crippen molar-refractivity contribution in [1.29, 1.82) is 0 Å². The lowest BCUT2D eigenvalue weighted by atomic mass is 10.1. The number of amides is 1. The summed E-state index contributed by atoms with van der Waals surface area (Å²) in [6, 6.07) is 25.2. The number of aryl methyl sites for hydroxylation is 2. The molecule has 0 bridgehead atoms. The number of nitrogens with zero attached hydrogens (tertiary/aromatic N) is 2. The van der Waals surface area contributed by atoms with E-state index in [-0.39, 0.29) is 18.3 Å². The number of anilines is 1. The lowest BCUT2D eigenvalue weighted by Crippen LogP contribution is -2.28. The zero-order valence-corrected chi connectivity index (χ0v) is 23.7. The van der Waals surface area contributed by atoms with E-state index in [9.17, 15) is 9.18 Å². The number of ether oxygens (including phenoxy) is 2. The third-order valence-corrected chi connectivity index (χ3v) is 7.43. The van der Waals surface area contributed by atoms with Crippen molar-refractivity contribution in [3.63, 3.8) is 0 Å². The second-order valence-electron chi connectivity index (χ2n) is 9.27. The van der Waals surface area contributed by atoms with Crippen LogP contribution in [0.3, 0.4) is 0 Å². The lowest BCUT2D eigenvalue weighted by Gasteiger charge is -2.16. The largest absolute Gasteiger partial charge is 0.493 e. The lowest BCUT2D eigenvalue weighted by molar-refractivity contribution is -0.113. The molecule has 1 aliphatic rings. The van der Waals surface area contributed by atoms with Crippen molar-refractivity contribution in [1.82, 2.24) is 0 Å². The molecule has 0 atom stereocenters. The standard InChI is InChI=1S/C32H26ClFN2O3S/c1-20-7-11-25(12-8-20)35-32-36(26-13-9-21(2)10-14-26)31(37)29(40-32)18-23-16-27(33)30(28(17-23)38-3)39-19-22-5-4-6-24(34)15-22/h4-18H,19H2,1-3H3/b29-18-,35-32?. The Hall–Kier alpha value is -4.07. The molecule has 40 heavy (non-hydrogen) atoms. The maximum Gasteiger partial charge on any atom is 0.271 e. The summed E-state index contributed by atoms with van der Waals surface area (Å²) in [6.45, 7) is 4.13. The molecule has 5 rings (SSSR count). The van der Waals surface area contributed by atoms with Crippen LogP contribution in [0.2, 0.25) is 5.02 Å². The topological polar surface area (TPSA) is 51.1 Å². The van der Waals surface area contributed by atoms with Gasteiger partial charge in [0.1, 0.15) is 12.4 Å². The van der Waals surface area contributed by atoms with Gasteiger partial charge in [0, 0.05) is 0 Å². The highest BCUT2D eigenvalue weighted by Crippen LogP contribution is 2.41. The first kappa shape index (κ1) is 27.5. The molecule has 1 amide bonds. The Kier molecular flexibility index (Phi) is 8.24. The molecule has 202 valence electrons. The van der Waals surface area contributed by atoms with Gasteiger partial charge in [0.05, 0.1) is 28.4 Å². The molecular weight excluding hydrogens is 547 g/mol. The SMILES string of the molecule is COc1cc(/C=C2\SC(=Nc3ccc(C)cc3)N(c3ccc(C)cc3)C2=O)cc(Cl)c1OCc1cccc(F)c1. The molecule has 4 aromatic rings. The second-order valence-corrected chi connectivity index (χ2v) is 10.7. The molecule has 0 unspecified atom stereocenters. The molecule has 0 aromatic heterocycles. The van der Waals surface area contributed by atoms with Crippen molar-refractivity contribution < 1.29 is 18.7 Å². The van der Waals surface area contributed by atoms with Gasteiger partial charge in [0.25, 0.3) is 5.91 Å². The van der Waals surface area contributed by atoms with Gasteiger partial charge in [-0.2, -0.15) is 0 Å². The van der Waals surface area contributed by atoms with Gasteiger partial charge in [0.2, 0.25) is 0 Å². The molecule has 1 fully saturated rings. The number of methoxy groups -OCH3 is 1. The van der Waals surface area contributed by atoms with Gasteiger partial charge < -0.3 is 9.47 Å². The molecule has 0 radical (unpaired) electrons. The third kappa shape index (κ3) is 6.22. The minimum Gasteiger partial charge on any atom is -0.493 e. The number of benzene rings is 4. The molecule has 8 heteroatoms. The predicted molar refractivity (Wildman–Crippen MR) is 161 cm³/mol. The normalized spacial score (nSPS) is 15.2. The number of thioether (sulfide) groups is 1. The van der Waals surface area contributed by atoms with Crippen LogP contribution in [0.4, 0.5) is 15.8 Å². The maximum atomic E-state index is 13.7. The Morgan fingerprint density at radius 3 is 2.35 bits per heavy atom. The highest BCUT2D eigenvalue weighted by Gasteiger charge is 2.35. The Morgan fingerprint density at radius 2 is 1.68 bits per heavy atom. The number of hydrogen-bond donors (Lipinski definition) is 0. The van der Waals surface area contributed by atoms with Gasteiger partial charge in [-0.25, -0.2) is 9.38 Å². The van der Waals surface area contributed by atoms with Crippen molar-refractivity contribution >= 4 is 51.9 Å². The number of hydrogen-bond acceptors (Lipinski definition) is 5. The first-order chi connectivity index (χ1) is 19.3. The molecular formula is C32H26ClFN2O3S. The number of rotatable bonds is 7. The van der Waals surface area contributed by atoms with E-state index in [0.29, 0.717) is 37.7 Å². The quantitative estimate of drug-likeness (QED) is 0.208. The smallest absolute Gasteiger partial charge is 0.271 e. The minimum atomic E-state index is -0.343. The molecule has 1 aliphatic heterocycles. The Bertz CT molecular complexity index is 1620. The summed E-state index contributed by atoms with van der Waals surface area (Å²) < 4.78 is 25.0. The predicted octanol–water partition coefficient (Wildman–Crippen LogP) is 8.49. The van der Waals surface area contributed by atoms with Crippen LogP contribution in [0.15, 0.2) is 94.8 Å². The molecule has 5 nitrogen and oxygen atoms in total. The van der Waals surface area contributed by atoms with Gasteiger partial charge in [-0.1, -0.05) is 59.1 Å². The summed E-state index contributed by atoms with van der Waals surface area (Å²) in [7, 11) is 1.51. The fourth-order valence-corrected chi connectivity index (χ4v) is 5.37. The first-order valence-corrected chi connectivity index (χ1v) is 13.7. The van der Waals surface area contributed by atoms with E-state index in [2.05, 4.69) is 0 Å². The second kappa shape index (κ2) is 12.0. The molecule has 1 saturated heterocycles. The van der Waals surface area contributed by atoms with Gasteiger partial charge in [-0.15, -0.1) is 0 Å². The fourth-order valence-electron chi connectivity index (χ4n) is 4.10. The van der Waals surface area contributed by atoms with Crippen LogP contribution in [0.5, 0.6) is 11.5 Å². The number of halogens is 2. The van der Waals surface area contributed by atoms with Crippen molar-refractivity contribution in [3.8, 4) is 11.5 Å². The maximum absolute atomic E-state index is 13.7. The summed E-state index contributed by atoms with van der Waals surface area (Å²) >= 11 is 7.88. The van der Waals surface area contributed by atoms with E-state index in [0.717, 1.165) is 22.5 Å². The van der Waals surface area contributed by atoms with Crippen molar-refractivity contribution in [2.24, 2.45) is 4.99 Å². The van der Waals surface area contributed by atoms with Crippen molar-refractivity contribution in [3.05, 3.63) is 123 Å². The minimum absolute atomic E-state index is 0.118. The molecule has 0 spiro atoms. The summed E-state index contributed by atoms with van der Waals surface area (Å²) in [5.74, 6) is 0.199. The van der Waals surface area contributed by atoms with Crippen LogP contribution >= 0.6 is 23.4 Å². The Balaban J connectivity index is 1.47. The molecule has 4 aromatic carbocycles. The number of carbonyl (C=O) groups excluding carboxylic acids is 1. The van der Waals surface area contributed by atoms with Crippen LogP contribution < -0.4 is 14.4 Å². The summed E-state index contributed by atoms with van der Waals surface area (Å²) in [5.41, 5.74) is 5.03. The Labute approximate surface area is 241 Å². The third-order valence-electron chi connectivity index (χ3n) is 6.18. The Morgan fingerprint density at radius 1 is 0.975 bits per heavy atom. The fraction of sp³-hybridized carbons (Fsp3) is 0.125. The summed E-state index contributed by atoms with van der Waals surface area (Å²) in [5, 5.41) is 0.860. The number of carbonyl (C=O) groups is 1. The highest BCUT2D eigenvalue weighted by molar-refractivity contribution is 8.19. The molecule has 1 heterocycles. The van der Waals surface area contributed by atoms with E-state index in [1.807, 2.05) is 62.4 Å². The molecule has 0 N–H and O–H groups in total. The number of amidine groups is 1. The van der Waals surface area contributed by atoms with Crippen LogP contribution in [0, 0.1) is 19.7 Å². The van der Waals surface area contributed by atoms with E-state index in [1.165, 1.54) is 31.0 Å². The van der Waals surface area contributed by atoms with Gasteiger partial charge in [-0.05, 0) is 91.3 Å². The van der Waals surface area contributed by atoms with E-state index in [1.54, 1.807) is 35.2 Å². The zero-order chi connectivity index (χ0) is 28.2. The average molecular weight is 573 g/mol. The molecule has 0 aliphatic carbocycles. The average Bonchev–Trinajstić information content (AvgIpc) is 3.23. The summed E-state index contributed by atoms with van der Waals surface area (Å²) in [4.78, 5) is 20.6. The van der Waals surface area contributed by atoms with Crippen LogP contribution in [-0.4, -0.2) is 18.2 Å². The van der Waals surface area contributed by atoms with Crippen LogP contribution in [0.25, 0.3) is 6.08 Å². The molecule has 0 saturated carbocycles. The van der Waals surface area contributed by atoms with Gasteiger partial charge >= 0.3 is 0 Å². The van der Waals surface area contributed by atoms with Crippen LogP contribution in [0.1, 0.15) is 22.3 Å². The zero-order valence-electron chi connectivity index (χ0n) is 22.2. The van der Waals surface area contributed by atoms with Crippen LogP contribution in [-0.2, 0) is 11.4 Å². The van der Waals surface area contributed by atoms with Gasteiger partial charge in [-0.3, -0.25) is 9.69 Å². The summed E-state index contributed by atoms with van der Waals surface area (Å²) in [6.07, 6.45) is 1.76. The van der Waals surface area contributed by atoms with Gasteiger partial charge in [0.15, 0.2) is 16.7 Å². The van der Waals surface area contributed by atoms with E-state index in [4.69, 9.17) is 26.1 Å². The highest BCUT2D eigenvalue weighted by atomic mass is 35.5. The van der Waals surface area contributed by atoms with E-state index < -0.39 is 0 Å². The number of aliphatic imine (C=N–C) groups is 1. The van der Waals surface area contributed by atoms with E-state index >= 15 is 0 Å². The monoisotopic (exact) mass is 572 g/mol. The van der Waals surface area contributed by atoms with Crippen molar-refractivity contribution in [2.75, 3.05) is 12.0 Å². The first-order valence-electron chi connectivity index (χ1n) is 12.5.